The number of benzene rings is 1. The molecule has 0 bridgehead atoms. The van der Waals surface area contributed by atoms with E-state index in [-0.39, 0.29) is 40.6 Å². The summed E-state index contributed by atoms with van der Waals surface area (Å²) >= 11 is 5.33. The SMILES string of the molecule is [2H]c1c([2H])c([2H])c2c(C(=O)Cl)c[nH]c2c1[2H]. The molecular formula is C9H6ClNO. The molecule has 0 fully saturated rings. The Hall–Kier alpha value is -1.28. The number of halogens is 1. The van der Waals surface area contributed by atoms with Crippen molar-refractivity contribution in [3.63, 3.8) is 0 Å². The van der Waals surface area contributed by atoms with Gasteiger partial charge in [0.15, 0.2) is 0 Å². The minimum Gasteiger partial charge on any atom is -0.360 e. The topological polar surface area (TPSA) is 32.9 Å². The van der Waals surface area contributed by atoms with Gasteiger partial charge in [-0.2, -0.15) is 0 Å². The van der Waals surface area contributed by atoms with Gasteiger partial charge in [0.25, 0.3) is 5.24 Å². The summed E-state index contributed by atoms with van der Waals surface area (Å²) in [6.45, 7) is 0. The van der Waals surface area contributed by atoms with Crippen LogP contribution in [-0.2, 0) is 0 Å². The molecule has 0 saturated carbocycles. The first-order chi connectivity index (χ1) is 7.45. The number of carbonyl (C=O) groups is 1. The first-order valence-corrected chi connectivity index (χ1v) is 3.60. The van der Waals surface area contributed by atoms with Crippen molar-refractivity contribution in [2.75, 3.05) is 0 Å². The molecule has 1 aromatic heterocycles. The van der Waals surface area contributed by atoms with Crippen LogP contribution >= 0.6 is 11.6 Å². The molecule has 0 radical (unpaired) electrons. The maximum absolute atomic E-state index is 11.1. The number of hydrogen-bond donors (Lipinski definition) is 1. The minimum absolute atomic E-state index is 0.0590. The summed E-state index contributed by atoms with van der Waals surface area (Å²) in [5, 5.41) is -0.623. The Morgan fingerprint density at radius 3 is 3.00 bits per heavy atom. The third kappa shape index (κ3) is 1.01. The summed E-state index contributed by atoms with van der Waals surface area (Å²) < 4.78 is 30.2. The molecule has 1 aromatic carbocycles. The number of rotatable bonds is 1. The van der Waals surface area contributed by atoms with Crippen molar-refractivity contribution in [2.45, 2.75) is 0 Å². The second-order valence-electron chi connectivity index (χ2n) is 2.23. The van der Waals surface area contributed by atoms with E-state index in [0.29, 0.717) is 0 Å². The second-order valence-corrected chi connectivity index (χ2v) is 2.57. The first-order valence-electron chi connectivity index (χ1n) is 5.22. The van der Waals surface area contributed by atoms with E-state index < -0.39 is 5.24 Å². The van der Waals surface area contributed by atoms with Gasteiger partial charge in [-0.3, -0.25) is 4.79 Å². The highest BCUT2D eigenvalue weighted by Gasteiger charge is 2.07. The zero-order chi connectivity index (χ0) is 12.0. The van der Waals surface area contributed by atoms with Gasteiger partial charge in [0.2, 0.25) is 0 Å². The van der Waals surface area contributed by atoms with Gasteiger partial charge in [-0.25, -0.2) is 0 Å². The number of carbonyl (C=O) groups excluding carboxylic acids is 1. The molecule has 0 aliphatic carbocycles. The summed E-state index contributed by atoms with van der Waals surface area (Å²) in [6, 6.07) is -1.19. The molecule has 60 valence electrons. The zero-order valence-corrected chi connectivity index (χ0v) is 6.62. The van der Waals surface area contributed by atoms with Crippen molar-refractivity contribution in [1.29, 1.82) is 0 Å². The Labute approximate surface area is 79.8 Å². The molecule has 0 unspecified atom stereocenters. The Kier molecular flexibility index (Phi) is 0.903. The average molecular weight is 184 g/mol. The van der Waals surface area contributed by atoms with Gasteiger partial charge in [-0.1, -0.05) is 18.1 Å². The van der Waals surface area contributed by atoms with Crippen molar-refractivity contribution in [2.24, 2.45) is 0 Å². The molecule has 1 heterocycles. The van der Waals surface area contributed by atoms with Crippen LogP contribution in [0.5, 0.6) is 0 Å². The molecule has 3 heteroatoms. The quantitative estimate of drug-likeness (QED) is 0.678. The van der Waals surface area contributed by atoms with Gasteiger partial charge in [-0.05, 0) is 17.6 Å². The molecule has 0 amide bonds. The van der Waals surface area contributed by atoms with Crippen molar-refractivity contribution in [3.05, 3.63) is 35.9 Å². The maximum Gasteiger partial charge on any atom is 0.254 e. The van der Waals surface area contributed by atoms with Crippen molar-refractivity contribution >= 4 is 27.7 Å². The zero-order valence-electron chi connectivity index (χ0n) is 9.86. The highest BCUT2D eigenvalue weighted by atomic mass is 35.5. The molecule has 0 spiro atoms. The molecular weight excluding hydrogens is 174 g/mol. The highest BCUT2D eigenvalue weighted by Crippen LogP contribution is 2.18. The third-order valence-electron chi connectivity index (χ3n) is 1.53. The number of nitrogens with one attached hydrogen (secondary N) is 1. The van der Waals surface area contributed by atoms with Crippen LogP contribution in [0, 0.1) is 0 Å². The molecule has 12 heavy (non-hydrogen) atoms. The van der Waals surface area contributed by atoms with Crippen molar-refractivity contribution < 1.29 is 10.3 Å². The van der Waals surface area contributed by atoms with E-state index >= 15 is 0 Å². The van der Waals surface area contributed by atoms with Gasteiger partial charge in [-0.15, -0.1) is 0 Å². The summed E-state index contributed by atoms with van der Waals surface area (Å²) in [7, 11) is 0. The Morgan fingerprint density at radius 1 is 1.50 bits per heavy atom. The lowest BCUT2D eigenvalue weighted by Gasteiger charge is -1.89. The molecule has 2 nitrogen and oxygen atoms in total. The normalized spacial score (nSPS) is 15.1. The lowest BCUT2D eigenvalue weighted by Crippen LogP contribution is -1.83. The Morgan fingerprint density at radius 2 is 2.25 bits per heavy atom. The van der Waals surface area contributed by atoms with Crippen LogP contribution in [0.3, 0.4) is 0 Å². The van der Waals surface area contributed by atoms with Gasteiger partial charge >= 0.3 is 0 Å². The Balaban J connectivity index is 3.00. The van der Waals surface area contributed by atoms with Gasteiger partial charge in [0, 0.05) is 17.1 Å². The molecule has 0 aliphatic heterocycles. The fourth-order valence-corrected chi connectivity index (χ4v) is 1.14. The van der Waals surface area contributed by atoms with Crippen LogP contribution in [0.1, 0.15) is 15.8 Å². The lowest BCUT2D eigenvalue weighted by molar-refractivity contribution is 0.108. The van der Waals surface area contributed by atoms with Crippen LogP contribution in [0.25, 0.3) is 10.9 Å². The fourth-order valence-electron chi connectivity index (χ4n) is 0.994. The number of fused-ring (bicyclic) bond motifs is 1. The summed E-state index contributed by atoms with van der Waals surface area (Å²) in [5.41, 5.74) is 0.249. The lowest BCUT2D eigenvalue weighted by atomic mass is 10.2. The molecule has 0 atom stereocenters. The molecule has 0 aliphatic rings. The fraction of sp³-hybridized carbons (Fsp3) is 0. The summed E-state index contributed by atoms with van der Waals surface area (Å²) in [6.07, 6.45) is 1.29. The minimum atomic E-state index is -0.753. The number of para-hydroxylation sites is 1. The molecule has 0 saturated heterocycles. The van der Waals surface area contributed by atoms with E-state index in [1.54, 1.807) is 0 Å². The second kappa shape index (κ2) is 2.64. The smallest absolute Gasteiger partial charge is 0.254 e. The van der Waals surface area contributed by atoms with Gasteiger partial charge in [0.1, 0.15) is 0 Å². The predicted molar refractivity (Wildman–Crippen MR) is 48.5 cm³/mol. The van der Waals surface area contributed by atoms with E-state index in [2.05, 4.69) is 4.98 Å². The largest absolute Gasteiger partial charge is 0.360 e. The standard InChI is InChI=1S/C9H6ClNO/c10-9(12)7-5-11-8-4-2-1-3-6(7)8/h1-5,11H/i1D,2D,3D,4D. The van der Waals surface area contributed by atoms with E-state index in [1.807, 2.05) is 0 Å². The van der Waals surface area contributed by atoms with Crippen molar-refractivity contribution in [1.82, 2.24) is 4.98 Å². The van der Waals surface area contributed by atoms with E-state index in [9.17, 15) is 4.79 Å². The molecule has 2 aromatic rings. The first kappa shape index (κ1) is 4.10. The van der Waals surface area contributed by atoms with Crippen molar-refractivity contribution in [3.8, 4) is 0 Å². The number of aromatic amines is 1. The summed E-state index contributed by atoms with van der Waals surface area (Å²) in [5.74, 6) is 0. The van der Waals surface area contributed by atoms with Crippen LogP contribution in [0.15, 0.2) is 30.4 Å². The molecule has 1 N–H and O–H groups in total. The third-order valence-corrected chi connectivity index (χ3v) is 1.73. The van der Waals surface area contributed by atoms with Gasteiger partial charge < -0.3 is 4.98 Å². The summed E-state index contributed by atoms with van der Waals surface area (Å²) in [4.78, 5) is 13.7. The average Bonchev–Trinajstić information content (AvgIpc) is 2.67. The van der Waals surface area contributed by atoms with Crippen LogP contribution < -0.4 is 0 Å². The van der Waals surface area contributed by atoms with E-state index in [4.69, 9.17) is 17.1 Å². The molecule has 2 rings (SSSR count). The van der Waals surface area contributed by atoms with Gasteiger partial charge in [0.05, 0.1) is 11.0 Å². The number of H-pyrrole nitrogens is 1. The van der Waals surface area contributed by atoms with Crippen LogP contribution in [0.4, 0.5) is 0 Å². The monoisotopic (exact) mass is 183 g/mol. The van der Waals surface area contributed by atoms with Crippen LogP contribution in [0.2, 0.25) is 0 Å². The number of hydrogen-bond acceptors (Lipinski definition) is 1. The van der Waals surface area contributed by atoms with E-state index in [1.165, 1.54) is 6.20 Å². The van der Waals surface area contributed by atoms with E-state index in [0.717, 1.165) is 0 Å². The van der Waals surface area contributed by atoms with Crippen LogP contribution in [-0.4, -0.2) is 10.2 Å². The maximum atomic E-state index is 11.1. The number of aromatic nitrogens is 1. The highest BCUT2D eigenvalue weighted by molar-refractivity contribution is 6.68. The Bertz CT molecular complexity index is 607. The predicted octanol–water partition coefficient (Wildman–Crippen LogP) is 2.55.